The molecule has 2 aliphatic carbocycles. The van der Waals surface area contributed by atoms with Gasteiger partial charge < -0.3 is 9.47 Å². The Bertz CT molecular complexity index is 318. The molecule has 0 N–H and O–H groups in total. The molecule has 4 heteroatoms. The molecule has 0 saturated heterocycles. The molecule has 0 aromatic rings. The predicted molar refractivity (Wildman–Crippen MR) is 75.0 cm³/mol. The average Bonchev–Trinajstić information content (AvgIpc) is 2.43. The van der Waals surface area contributed by atoms with Crippen LogP contribution in [0.15, 0.2) is 0 Å². The first-order chi connectivity index (χ1) is 9.58. The molecule has 2 saturated carbocycles. The van der Waals surface area contributed by atoms with Gasteiger partial charge in [0.2, 0.25) is 0 Å². The Balaban J connectivity index is 1.80. The molecule has 0 amide bonds. The summed E-state index contributed by atoms with van der Waals surface area (Å²) in [7, 11) is 0. The van der Waals surface area contributed by atoms with Crippen molar-refractivity contribution >= 4 is 11.9 Å². The second kappa shape index (κ2) is 7.09. The maximum atomic E-state index is 11.8. The number of carbonyl (C=O) groups excluding carboxylic acids is 2. The minimum atomic E-state index is -0.804. The molecule has 2 rings (SSSR count). The van der Waals surface area contributed by atoms with Crippen LogP contribution in [-0.4, -0.2) is 24.1 Å². The SMILES string of the molecule is CC1CCCCC1OC(=O)C(=O)OC1CCCCC1C. The standard InChI is InChI=1S/C16H26O4/c1-11-7-3-5-9-13(11)19-15(17)16(18)20-14-10-6-4-8-12(14)2/h11-14H,3-10H2,1-2H3. The van der Waals surface area contributed by atoms with E-state index in [4.69, 9.17) is 9.47 Å². The lowest BCUT2D eigenvalue weighted by atomic mass is 9.88. The number of rotatable bonds is 2. The first-order valence-corrected chi connectivity index (χ1v) is 7.99. The van der Waals surface area contributed by atoms with Crippen molar-refractivity contribution in [3.8, 4) is 0 Å². The van der Waals surface area contributed by atoms with E-state index >= 15 is 0 Å². The molecule has 4 unspecified atom stereocenters. The van der Waals surface area contributed by atoms with Gasteiger partial charge in [-0.1, -0.05) is 26.7 Å². The molecule has 0 aromatic carbocycles. The van der Waals surface area contributed by atoms with Gasteiger partial charge in [0.05, 0.1) is 0 Å². The Morgan fingerprint density at radius 1 is 0.700 bits per heavy atom. The zero-order valence-corrected chi connectivity index (χ0v) is 12.6. The number of carbonyl (C=O) groups is 2. The number of esters is 2. The summed E-state index contributed by atoms with van der Waals surface area (Å²) in [6.45, 7) is 4.15. The van der Waals surface area contributed by atoms with E-state index in [1.165, 1.54) is 12.8 Å². The van der Waals surface area contributed by atoms with E-state index in [1.54, 1.807) is 0 Å². The quantitative estimate of drug-likeness (QED) is 0.576. The highest BCUT2D eigenvalue weighted by molar-refractivity contribution is 6.29. The van der Waals surface area contributed by atoms with Gasteiger partial charge >= 0.3 is 11.9 Å². The summed E-state index contributed by atoms with van der Waals surface area (Å²) in [6.07, 6.45) is 8.10. The van der Waals surface area contributed by atoms with E-state index in [2.05, 4.69) is 13.8 Å². The summed E-state index contributed by atoms with van der Waals surface area (Å²) in [5.41, 5.74) is 0. The van der Waals surface area contributed by atoms with Crippen LogP contribution in [0.4, 0.5) is 0 Å². The lowest BCUT2D eigenvalue weighted by Gasteiger charge is -2.30. The van der Waals surface area contributed by atoms with Crippen molar-refractivity contribution < 1.29 is 19.1 Å². The molecule has 0 bridgehead atoms. The van der Waals surface area contributed by atoms with Crippen LogP contribution in [0.3, 0.4) is 0 Å². The second-order valence-electron chi connectivity index (χ2n) is 6.41. The summed E-state index contributed by atoms with van der Waals surface area (Å²) < 4.78 is 10.7. The third kappa shape index (κ3) is 3.97. The number of hydrogen-bond acceptors (Lipinski definition) is 4. The fraction of sp³-hybridized carbons (Fsp3) is 0.875. The third-order valence-corrected chi connectivity index (χ3v) is 4.75. The van der Waals surface area contributed by atoms with Gasteiger partial charge in [-0.25, -0.2) is 9.59 Å². The minimum Gasteiger partial charge on any atom is -0.454 e. The first kappa shape index (κ1) is 15.3. The van der Waals surface area contributed by atoms with Crippen LogP contribution in [0.25, 0.3) is 0 Å². The molecular formula is C16H26O4. The van der Waals surface area contributed by atoms with Crippen LogP contribution >= 0.6 is 0 Å². The molecule has 2 aliphatic rings. The Hall–Kier alpha value is -1.06. The largest absolute Gasteiger partial charge is 0.454 e. The van der Waals surface area contributed by atoms with E-state index in [0.717, 1.165) is 38.5 Å². The van der Waals surface area contributed by atoms with Crippen LogP contribution in [0.5, 0.6) is 0 Å². The van der Waals surface area contributed by atoms with Crippen LogP contribution in [0.2, 0.25) is 0 Å². The average molecular weight is 282 g/mol. The highest BCUT2D eigenvalue weighted by Crippen LogP contribution is 2.28. The van der Waals surface area contributed by atoms with Gasteiger partial charge in [0.25, 0.3) is 0 Å². The van der Waals surface area contributed by atoms with Gasteiger partial charge in [-0.2, -0.15) is 0 Å². The summed E-state index contributed by atoms with van der Waals surface area (Å²) in [5.74, 6) is -0.925. The molecule has 114 valence electrons. The van der Waals surface area contributed by atoms with Gasteiger partial charge in [0, 0.05) is 0 Å². The van der Waals surface area contributed by atoms with E-state index in [-0.39, 0.29) is 12.2 Å². The van der Waals surface area contributed by atoms with Crippen molar-refractivity contribution in [1.29, 1.82) is 0 Å². The molecule has 0 aromatic heterocycles. The Morgan fingerprint density at radius 2 is 1.05 bits per heavy atom. The van der Waals surface area contributed by atoms with Crippen LogP contribution in [0.1, 0.15) is 65.2 Å². The van der Waals surface area contributed by atoms with Gasteiger partial charge in [-0.05, 0) is 50.4 Å². The molecule has 20 heavy (non-hydrogen) atoms. The van der Waals surface area contributed by atoms with Crippen LogP contribution in [-0.2, 0) is 19.1 Å². The summed E-state index contributed by atoms with van der Waals surface area (Å²) in [4.78, 5) is 23.7. The lowest BCUT2D eigenvalue weighted by Crippen LogP contribution is -2.35. The molecule has 0 radical (unpaired) electrons. The highest BCUT2D eigenvalue weighted by Gasteiger charge is 2.31. The lowest BCUT2D eigenvalue weighted by molar-refractivity contribution is -0.178. The van der Waals surface area contributed by atoms with Crippen molar-refractivity contribution in [2.75, 3.05) is 0 Å². The fourth-order valence-corrected chi connectivity index (χ4v) is 3.29. The van der Waals surface area contributed by atoms with E-state index < -0.39 is 11.9 Å². The summed E-state index contributed by atoms with van der Waals surface area (Å²) in [6, 6.07) is 0. The number of hydrogen-bond donors (Lipinski definition) is 0. The Labute approximate surface area is 121 Å². The van der Waals surface area contributed by atoms with Crippen molar-refractivity contribution in [1.82, 2.24) is 0 Å². The Kier molecular flexibility index (Phi) is 5.44. The van der Waals surface area contributed by atoms with Gasteiger partial charge in [-0.15, -0.1) is 0 Å². The topological polar surface area (TPSA) is 52.6 Å². The molecule has 4 atom stereocenters. The van der Waals surface area contributed by atoms with Crippen molar-refractivity contribution in [3.05, 3.63) is 0 Å². The van der Waals surface area contributed by atoms with Gasteiger partial charge in [0.15, 0.2) is 0 Å². The van der Waals surface area contributed by atoms with E-state index in [0.29, 0.717) is 11.8 Å². The zero-order chi connectivity index (χ0) is 14.5. The first-order valence-electron chi connectivity index (χ1n) is 7.99. The van der Waals surface area contributed by atoms with Crippen molar-refractivity contribution in [2.24, 2.45) is 11.8 Å². The highest BCUT2D eigenvalue weighted by atomic mass is 16.6. The maximum Gasteiger partial charge on any atom is 0.417 e. The molecule has 2 fully saturated rings. The minimum absolute atomic E-state index is 0.118. The maximum absolute atomic E-state index is 11.8. The zero-order valence-electron chi connectivity index (χ0n) is 12.6. The molecule has 0 aliphatic heterocycles. The molecule has 0 heterocycles. The predicted octanol–water partition coefficient (Wildman–Crippen LogP) is 3.23. The van der Waals surface area contributed by atoms with Crippen LogP contribution in [0, 0.1) is 11.8 Å². The van der Waals surface area contributed by atoms with Gasteiger partial charge in [-0.3, -0.25) is 0 Å². The van der Waals surface area contributed by atoms with Crippen LogP contribution < -0.4 is 0 Å². The number of ether oxygens (including phenoxy) is 2. The van der Waals surface area contributed by atoms with E-state index in [9.17, 15) is 9.59 Å². The third-order valence-electron chi connectivity index (χ3n) is 4.75. The van der Waals surface area contributed by atoms with E-state index in [1.807, 2.05) is 0 Å². The summed E-state index contributed by atoms with van der Waals surface area (Å²) >= 11 is 0. The van der Waals surface area contributed by atoms with Crippen molar-refractivity contribution in [2.45, 2.75) is 77.4 Å². The summed E-state index contributed by atoms with van der Waals surface area (Å²) in [5, 5.41) is 0. The monoisotopic (exact) mass is 282 g/mol. The molecular weight excluding hydrogens is 256 g/mol. The smallest absolute Gasteiger partial charge is 0.417 e. The molecule has 0 spiro atoms. The van der Waals surface area contributed by atoms with Gasteiger partial charge in [0.1, 0.15) is 12.2 Å². The van der Waals surface area contributed by atoms with Crippen molar-refractivity contribution in [3.63, 3.8) is 0 Å². The Morgan fingerprint density at radius 3 is 1.40 bits per heavy atom. The fourth-order valence-electron chi connectivity index (χ4n) is 3.29. The second-order valence-corrected chi connectivity index (χ2v) is 6.41. The molecule has 4 nitrogen and oxygen atoms in total. The normalized spacial score (nSPS) is 34.3.